The zero-order valence-corrected chi connectivity index (χ0v) is 11.8. The van der Waals surface area contributed by atoms with E-state index in [1.165, 1.54) is 18.4 Å². The fourth-order valence-corrected chi connectivity index (χ4v) is 2.87. The monoisotopic (exact) mass is 268 g/mol. The molecular formula is C17H20N2O. The Balaban J connectivity index is 1.74. The van der Waals surface area contributed by atoms with Gasteiger partial charge < -0.3 is 9.64 Å². The SMILES string of the molecule is COc1ccc(C2CCCN(c3ccccn3)C2)cc1. The Kier molecular flexibility index (Phi) is 3.86. The molecule has 1 fully saturated rings. The van der Waals surface area contributed by atoms with Gasteiger partial charge in [-0.2, -0.15) is 0 Å². The highest BCUT2D eigenvalue weighted by atomic mass is 16.5. The van der Waals surface area contributed by atoms with Crippen LogP contribution in [0.25, 0.3) is 0 Å². The van der Waals surface area contributed by atoms with Gasteiger partial charge in [-0.05, 0) is 42.7 Å². The lowest BCUT2D eigenvalue weighted by Crippen LogP contribution is -2.34. The fraction of sp³-hybridized carbons (Fsp3) is 0.353. The van der Waals surface area contributed by atoms with Crippen molar-refractivity contribution in [1.29, 1.82) is 0 Å². The van der Waals surface area contributed by atoms with Crippen molar-refractivity contribution in [3.8, 4) is 5.75 Å². The fourth-order valence-electron chi connectivity index (χ4n) is 2.87. The molecule has 2 heterocycles. The molecule has 0 aliphatic carbocycles. The maximum absolute atomic E-state index is 5.23. The molecule has 1 aromatic carbocycles. The van der Waals surface area contributed by atoms with Crippen molar-refractivity contribution in [3.63, 3.8) is 0 Å². The van der Waals surface area contributed by atoms with Crippen LogP contribution in [-0.2, 0) is 0 Å². The van der Waals surface area contributed by atoms with Gasteiger partial charge in [-0.3, -0.25) is 0 Å². The maximum atomic E-state index is 5.23. The van der Waals surface area contributed by atoms with Gasteiger partial charge in [-0.15, -0.1) is 0 Å². The second-order valence-corrected chi connectivity index (χ2v) is 5.25. The molecule has 2 aromatic rings. The summed E-state index contributed by atoms with van der Waals surface area (Å²) in [4.78, 5) is 6.85. The first-order chi connectivity index (χ1) is 9.86. The molecule has 0 spiro atoms. The van der Waals surface area contributed by atoms with Crippen molar-refractivity contribution >= 4 is 5.82 Å². The zero-order valence-electron chi connectivity index (χ0n) is 11.8. The summed E-state index contributed by atoms with van der Waals surface area (Å²) in [6.07, 6.45) is 4.33. The Bertz CT molecular complexity index is 539. The van der Waals surface area contributed by atoms with E-state index in [2.05, 4.69) is 46.3 Å². The molecule has 3 nitrogen and oxygen atoms in total. The van der Waals surface area contributed by atoms with Crippen LogP contribution >= 0.6 is 0 Å². The summed E-state index contributed by atoms with van der Waals surface area (Å²) in [5.74, 6) is 2.59. The number of nitrogens with zero attached hydrogens (tertiary/aromatic N) is 2. The third-order valence-electron chi connectivity index (χ3n) is 3.98. The van der Waals surface area contributed by atoms with Gasteiger partial charge in [0.25, 0.3) is 0 Å². The number of hydrogen-bond acceptors (Lipinski definition) is 3. The van der Waals surface area contributed by atoms with Crippen LogP contribution in [0.15, 0.2) is 48.7 Å². The lowest BCUT2D eigenvalue weighted by Gasteiger charge is -2.33. The van der Waals surface area contributed by atoms with Crippen molar-refractivity contribution in [2.24, 2.45) is 0 Å². The molecular weight excluding hydrogens is 248 g/mol. The first-order valence-electron chi connectivity index (χ1n) is 7.17. The molecule has 0 N–H and O–H groups in total. The Hall–Kier alpha value is -2.03. The number of pyridine rings is 1. The Labute approximate surface area is 120 Å². The number of aromatic nitrogens is 1. The van der Waals surface area contributed by atoms with E-state index in [4.69, 9.17) is 4.74 Å². The first kappa shape index (κ1) is 13.0. The number of hydrogen-bond donors (Lipinski definition) is 0. The highest BCUT2D eigenvalue weighted by Crippen LogP contribution is 2.29. The van der Waals surface area contributed by atoms with Crippen LogP contribution in [0, 0.1) is 0 Å². The van der Waals surface area contributed by atoms with Crippen LogP contribution in [0.4, 0.5) is 5.82 Å². The van der Waals surface area contributed by atoms with Crippen molar-refractivity contribution in [2.45, 2.75) is 18.8 Å². The van der Waals surface area contributed by atoms with Crippen LogP contribution in [0.5, 0.6) is 5.75 Å². The van der Waals surface area contributed by atoms with Gasteiger partial charge in [0, 0.05) is 25.2 Å². The average Bonchev–Trinajstić information content (AvgIpc) is 2.56. The van der Waals surface area contributed by atoms with E-state index < -0.39 is 0 Å². The number of ether oxygens (including phenoxy) is 1. The molecule has 1 aliphatic heterocycles. The van der Waals surface area contributed by atoms with E-state index in [-0.39, 0.29) is 0 Å². The lowest BCUT2D eigenvalue weighted by molar-refractivity contribution is 0.414. The van der Waals surface area contributed by atoms with Gasteiger partial charge in [0.2, 0.25) is 0 Å². The predicted octanol–water partition coefficient (Wildman–Crippen LogP) is 3.47. The minimum atomic E-state index is 0.580. The van der Waals surface area contributed by atoms with E-state index in [0.717, 1.165) is 24.7 Å². The van der Waals surface area contributed by atoms with Crippen LogP contribution in [0.1, 0.15) is 24.3 Å². The van der Waals surface area contributed by atoms with Crippen molar-refractivity contribution in [1.82, 2.24) is 4.98 Å². The van der Waals surface area contributed by atoms with Gasteiger partial charge in [-0.25, -0.2) is 4.98 Å². The third kappa shape index (κ3) is 2.77. The first-order valence-corrected chi connectivity index (χ1v) is 7.17. The van der Waals surface area contributed by atoms with Crippen LogP contribution in [0.3, 0.4) is 0 Å². The van der Waals surface area contributed by atoms with E-state index in [0.29, 0.717) is 5.92 Å². The Morgan fingerprint density at radius 3 is 2.70 bits per heavy atom. The molecule has 20 heavy (non-hydrogen) atoms. The van der Waals surface area contributed by atoms with Gasteiger partial charge in [-0.1, -0.05) is 18.2 Å². The third-order valence-corrected chi connectivity index (χ3v) is 3.98. The van der Waals surface area contributed by atoms with E-state index >= 15 is 0 Å². The van der Waals surface area contributed by atoms with Gasteiger partial charge in [0.1, 0.15) is 11.6 Å². The molecule has 1 aromatic heterocycles. The molecule has 0 radical (unpaired) electrons. The van der Waals surface area contributed by atoms with E-state index in [1.807, 2.05) is 12.3 Å². The minimum Gasteiger partial charge on any atom is -0.497 e. The molecule has 0 saturated carbocycles. The number of rotatable bonds is 3. The Morgan fingerprint density at radius 1 is 1.15 bits per heavy atom. The lowest BCUT2D eigenvalue weighted by atomic mass is 9.90. The van der Waals surface area contributed by atoms with E-state index in [1.54, 1.807) is 7.11 Å². The van der Waals surface area contributed by atoms with Crippen molar-refractivity contribution < 1.29 is 4.74 Å². The van der Waals surface area contributed by atoms with Crippen molar-refractivity contribution in [2.75, 3.05) is 25.1 Å². The predicted molar refractivity (Wildman–Crippen MR) is 81.4 cm³/mol. The summed E-state index contributed by atoms with van der Waals surface area (Å²) in [5.41, 5.74) is 1.39. The van der Waals surface area contributed by atoms with Crippen molar-refractivity contribution in [3.05, 3.63) is 54.2 Å². The number of piperidine rings is 1. The second-order valence-electron chi connectivity index (χ2n) is 5.25. The molecule has 1 aliphatic rings. The standard InChI is InChI=1S/C17H20N2O/c1-20-16-9-7-14(8-10-16)15-5-4-12-19(13-15)17-6-2-3-11-18-17/h2-3,6-11,15H,4-5,12-13H2,1H3. The molecule has 0 amide bonds. The summed E-state index contributed by atoms with van der Waals surface area (Å²) >= 11 is 0. The highest BCUT2D eigenvalue weighted by Gasteiger charge is 2.22. The van der Waals surface area contributed by atoms with Crippen LogP contribution in [-0.4, -0.2) is 25.2 Å². The zero-order chi connectivity index (χ0) is 13.8. The summed E-state index contributed by atoms with van der Waals surface area (Å²) in [7, 11) is 1.71. The summed E-state index contributed by atoms with van der Waals surface area (Å²) in [6.45, 7) is 2.15. The number of anilines is 1. The van der Waals surface area contributed by atoms with Gasteiger partial charge in [0.05, 0.1) is 7.11 Å². The molecule has 104 valence electrons. The minimum absolute atomic E-state index is 0.580. The maximum Gasteiger partial charge on any atom is 0.128 e. The topological polar surface area (TPSA) is 25.4 Å². The number of benzene rings is 1. The second kappa shape index (κ2) is 5.95. The summed E-state index contributed by atoms with van der Waals surface area (Å²) < 4.78 is 5.23. The smallest absolute Gasteiger partial charge is 0.128 e. The summed E-state index contributed by atoms with van der Waals surface area (Å²) in [5, 5.41) is 0. The normalized spacial score (nSPS) is 18.9. The van der Waals surface area contributed by atoms with E-state index in [9.17, 15) is 0 Å². The van der Waals surface area contributed by atoms with Gasteiger partial charge in [0.15, 0.2) is 0 Å². The molecule has 0 bridgehead atoms. The average molecular weight is 268 g/mol. The molecule has 1 atom stereocenters. The molecule has 1 saturated heterocycles. The highest BCUT2D eigenvalue weighted by molar-refractivity contribution is 5.40. The molecule has 3 heteroatoms. The van der Waals surface area contributed by atoms with Gasteiger partial charge >= 0.3 is 0 Å². The van der Waals surface area contributed by atoms with Crippen LogP contribution < -0.4 is 9.64 Å². The quantitative estimate of drug-likeness (QED) is 0.852. The molecule has 1 unspecified atom stereocenters. The summed E-state index contributed by atoms with van der Waals surface area (Å²) in [6, 6.07) is 14.6. The number of methoxy groups -OCH3 is 1. The Morgan fingerprint density at radius 2 is 2.00 bits per heavy atom. The largest absolute Gasteiger partial charge is 0.497 e. The van der Waals surface area contributed by atoms with Crippen LogP contribution in [0.2, 0.25) is 0 Å². The molecule has 3 rings (SSSR count).